The van der Waals surface area contributed by atoms with Gasteiger partial charge in [-0.25, -0.2) is 23.2 Å². The van der Waals surface area contributed by atoms with Gasteiger partial charge in [-0.1, -0.05) is 31.2 Å². The number of nitriles is 1. The molecule has 5 aliphatic rings. The number of alkyl halides is 1. The van der Waals surface area contributed by atoms with Crippen LogP contribution in [0, 0.1) is 39.8 Å². The van der Waals surface area contributed by atoms with E-state index in [-0.39, 0.29) is 36.9 Å². The number of ether oxygens (including phenoxy) is 2. The molecule has 8 atom stereocenters. The highest BCUT2D eigenvalue weighted by Gasteiger charge is 2.76. The van der Waals surface area contributed by atoms with Crippen LogP contribution in [0.4, 0.5) is 8.78 Å². The highest BCUT2D eigenvalue weighted by Crippen LogP contribution is 2.71. The van der Waals surface area contributed by atoms with Gasteiger partial charge < -0.3 is 14.6 Å². The minimum atomic E-state index is -2.02. The van der Waals surface area contributed by atoms with E-state index in [1.807, 2.05) is 26.0 Å². The molecule has 0 radical (unpaired) electrons. The van der Waals surface area contributed by atoms with E-state index in [0.29, 0.717) is 31.4 Å². The summed E-state index contributed by atoms with van der Waals surface area (Å²) in [6.07, 6.45) is 5.26. The predicted molar refractivity (Wildman–Crippen MR) is 161 cm³/mol. The number of allylic oxidation sites excluding steroid dienone is 1. The zero-order valence-electron chi connectivity index (χ0n) is 25.0. The summed E-state index contributed by atoms with van der Waals surface area (Å²) in [7, 11) is 0. The molecule has 1 N–H and O–H groups in total. The van der Waals surface area contributed by atoms with E-state index < -0.39 is 51.2 Å². The van der Waals surface area contributed by atoms with Crippen LogP contribution in [0.1, 0.15) is 57.2 Å². The molecule has 0 saturated heterocycles. The van der Waals surface area contributed by atoms with E-state index in [1.165, 1.54) is 18.5 Å². The monoisotopic (exact) mass is 636 g/mol. The van der Waals surface area contributed by atoms with Gasteiger partial charge >= 0.3 is 5.97 Å². The summed E-state index contributed by atoms with van der Waals surface area (Å²) < 4.78 is 44.7. The highest BCUT2D eigenvalue weighted by atomic mass is 32.2. The number of aliphatic hydroxyl groups is 1. The predicted octanol–water partition coefficient (Wildman–Crippen LogP) is 4.75. The number of benzene rings is 1. The first kappa shape index (κ1) is 30.1. The molecule has 0 bridgehead atoms. The van der Waals surface area contributed by atoms with Crippen LogP contribution in [0.2, 0.25) is 0 Å². The Hall–Kier alpha value is -3.56. The van der Waals surface area contributed by atoms with E-state index in [2.05, 4.69) is 10.1 Å². The summed E-state index contributed by atoms with van der Waals surface area (Å²) in [5, 5.41) is 25.3. The molecular weight excluding hydrogens is 602 g/mol. The molecule has 2 aromatic rings. The first-order chi connectivity index (χ1) is 21.5. The lowest BCUT2D eigenvalue weighted by atomic mass is 9.44. The van der Waals surface area contributed by atoms with E-state index in [0.717, 1.165) is 28.6 Å². The fourth-order valence-electron chi connectivity index (χ4n) is 9.25. The van der Waals surface area contributed by atoms with Crippen molar-refractivity contribution >= 4 is 35.3 Å². The lowest BCUT2D eigenvalue weighted by Gasteiger charge is -2.63. The summed E-state index contributed by atoms with van der Waals surface area (Å²) in [4.78, 5) is 31.2. The number of aliphatic hydroxyl groups excluding tert-OH is 1. The molecule has 0 amide bonds. The Bertz CT molecular complexity index is 1670. The van der Waals surface area contributed by atoms with Gasteiger partial charge in [0, 0.05) is 16.7 Å². The SMILES string of the molecule is C[C@]12Cc3cnn(-c4ccc(F)cc4)c3C=C1CC[C@H]1[C@@H]3CC[C@](OC(=O)C4COC=N4)(C(=O)SCC#N)[C@@]3(C)C[C@H](O)[C@@]12F. The summed E-state index contributed by atoms with van der Waals surface area (Å²) in [5.74, 6) is -2.15. The number of carbonyl (C=O) groups is 2. The van der Waals surface area contributed by atoms with Gasteiger partial charge in [0.05, 0.1) is 35.5 Å². The average Bonchev–Trinajstić information content (AvgIpc) is 3.75. The number of nitrogens with zero attached hydrogens (tertiary/aromatic N) is 4. The molecule has 236 valence electrons. The van der Waals surface area contributed by atoms with Gasteiger partial charge in [-0.15, -0.1) is 0 Å². The highest BCUT2D eigenvalue weighted by molar-refractivity contribution is 8.14. The van der Waals surface area contributed by atoms with Crippen molar-refractivity contribution in [2.45, 2.75) is 75.8 Å². The zero-order valence-corrected chi connectivity index (χ0v) is 25.9. The topological polar surface area (TPSA) is 127 Å². The third kappa shape index (κ3) is 4.12. The van der Waals surface area contributed by atoms with Crippen LogP contribution in [-0.2, 0) is 25.5 Å². The minimum Gasteiger partial charge on any atom is -0.481 e. The zero-order chi connectivity index (χ0) is 31.8. The summed E-state index contributed by atoms with van der Waals surface area (Å²) in [5.41, 5.74) is -2.56. The van der Waals surface area contributed by atoms with Gasteiger partial charge in [-0.3, -0.25) is 4.79 Å². The largest absolute Gasteiger partial charge is 0.481 e. The maximum Gasteiger partial charge on any atom is 0.335 e. The molecule has 1 aromatic heterocycles. The third-order valence-corrected chi connectivity index (χ3v) is 12.3. The van der Waals surface area contributed by atoms with Crippen LogP contribution in [0.15, 0.2) is 41.0 Å². The Balaban J connectivity index is 1.25. The maximum atomic E-state index is 18.1. The fourth-order valence-corrected chi connectivity index (χ4v) is 10.1. The molecule has 3 saturated carbocycles. The van der Waals surface area contributed by atoms with Crippen LogP contribution in [0.25, 0.3) is 11.8 Å². The molecule has 2 heterocycles. The Labute approximate surface area is 263 Å². The van der Waals surface area contributed by atoms with E-state index in [9.17, 15) is 24.3 Å². The quantitative estimate of drug-likeness (QED) is 0.466. The molecular formula is C33H34F2N4O5S. The van der Waals surface area contributed by atoms with Gasteiger partial charge in [0.2, 0.25) is 5.12 Å². The van der Waals surface area contributed by atoms with Crippen LogP contribution in [-0.4, -0.2) is 68.1 Å². The second kappa shape index (κ2) is 10.5. The minimum absolute atomic E-state index is 0.000619. The van der Waals surface area contributed by atoms with Crippen molar-refractivity contribution in [1.82, 2.24) is 9.78 Å². The molecule has 1 aromatic carbocycles. The van der Waals surface area contributed by atoms with Crippen molar-refractivity contribution in [2.24, 2.45) is 27.7 Å². The molecule has 3 fully saturated rings. The Morgan fingerprint density at radius 1 is 1.24 bits per heavy atom. The number of thioether (sulfide) groups is 1. The number of aromatic nitrogens is 2. The fraction of sp³-hybridized carbons (Fsp3) is 0.545. The van der Waals surface area contributed by atoms with E-state index >= 15 is 4.39 Å². The first-order valence-corrected chi connectivity index (χ1v) is 16.3. The van der Waals surface area contributed by atoms with Crippen molar-refractivity contribution in [1.29, 1.82) is 5.26 Å². The standard InChI is InChI=1S/C33H34F2N4O5S/c1-30-14-19-16-38-39(22-6-4-21(34)5-7-22)26(19)13-20(30)3-8-24-23-9-10-32(29(42)45-12-11-36,44-28(41)25-17-43-18-37-25)31(23,2)15-27(40)33(24,30)35/h4-7,13,16,18,23-25,27,40H,3,8-10,12,14-15,17H2,1-2H3/t23-,24-,25?,27-,30-,31-,32-,33-/m0/s1. The molecule has 12 heteroatoms. The number of carbonyl (C=O) groups excluding carboxylic acids is 2. The first-order valence-electron chi connectivity index (χ1n) is 15.3. The maximum absolute atomic E-state index is 18.1. The number of aliphatic imine (C=N–C) groups is 1. The Morgan fingerprint density at radius 3 is 2.73 bits per heavy atom. The molecule has 0 spiro atoms. The molecule has 7 rings (SSSR count). The Kier molecular flexibility index (Phi) is 7.02. The Morgan fingerprint density at radius 2 is 2.02 bits per heavy atom. The van der Waals surface area contributed by atoms with Crippen molar-refractivity contribution < 1.29 is 33.0 Å². The second-order valence-electron chi connectivity index (χ2n) is 13.4. The molecule has 9 nitrogen and oxygen atoms in total. The summed E-state index contributed by atoms with van der Waals surface area (Å²) in [6, 6.07) is 7.10. The number of esters is 1. The summed E-state index contributed by atoms with van der Waals surface area (Å²) >= 11 is 0.790. The lowest BCUT2D eigenvalue weighted by Crippen LogP contribution is -2.70. The normalized spacial score (nSPS) is 37.7. The molecule has 1 unspecified atom stereocenters. The average molecular weight is 637 g/mol. The third-order valence-electron chi connectivity index (χ3n) is 11.5. The molecule has 1 aliphatic heterocycles. The van der Waals surface area contributed by atoms with Crippen LogP contribution >= 0.6 is 11.8 Å². The smallest absolute Gasteiger partial charge is 0.335 e. The van der Waals surface area contributed by atoms with Crippen molar-refractivity contribution in [2.75, 3.05) is 12.4 Å². The molecule has 4 aliphatic carbocycles. The van der Waals surface area contributed by atoms with E-state index in [4.69, 9.17) is 9.47 Å². The lowest BCUT2D eigenvalue weighted by molar-refractivity contribution is -0.229. The summed E-state index contributed by atoms with van der Waals surface area (Å²) in [6.45, 7) is 3.71. The van der Waals surface area contributed by atoms with Crippen molar-refractivity contribution in [3.05, 3.63) is 53.1 Å². The van der Waals surface area contributed by atoms with Crippen LogP contribution < -0.4 is 0 Å². The van der Waals surface area contributed by atoms with Gasteiger partial charge in [0.1, 0.15) is 18.1 Å². The number of hydrogen-bond donors (Lipinski definition) is 1. The molecule has 45 heavy (non-hydrogen) atoms. The van der Waals surface area contributed by atoms with Gasteiger partial charge in [-0.05, 0) is 80.3 Å². The number of rotatable bonds is 5. The van der Waals surface area contributed by atoms with Gasteiger partial charge in [-0.2, -0.15) is 10.4 Å². The number of halogens is 2. The van der Waals surface area contributed by atoms with Crippen LogP contribution in [0.3, 0.4) is 0 Å². The van der Waals surface area contributed by atoms with E-state index in [1.54, 1.807) is 23.0 Å². The van der Waals surface area contributed by atoms with Crippen LogP contribution in [0.5, 0.6) is 0 Å². The van der Waals surface area contributed by atoms with Crippen molar-refractivity contribution in [3.8, 4) is 11.8 Å². The van der Waals surface area contributed by atoms with Gasteiger partial charge in [0.15, 0.2) is 18.0 Å². The number of hydrogen-bond acceptors (Lipinski definition) is 9. The second-order valence-corrected chi connectivity index (χ2v) is 14.4. The number of fused-ring (bicyclic) bond motifs is 6. The van der Waals surface area contributed by atoms with Gasteiger partial charge in [0.25, 0.3) is 0 Å². The van der Waals surface area contributed by atoms with Crippen molar-refractivity contribution in [3.63, 3.8) is 0 Å².